The van der Waals surface area contributed by atoms with E-state index < -0.39 is 12.1 Å². The van der Waals surface area contributed by atoms with Crippen LogP contribution in [0.1, 0.15) is 38.5 Å². The molecule has 1 aromatic carbocycles. The van der Waals surface area contributed by atoms with E-state index in [9.17, 15) is 9.90 Å². The third-order valence-electron chi connectivity index (χ3n) is 5.18. The van der Waals surface area contributed by atoms with E-state index in [1.165, 1.54) is 12.8 Å². The Bertz CT molecular complexity index is 590. The molecule has 0 aromatic heterocycles. The minimum absolute atomic E-state index is 0.00352. The lowest BCUT2D eigenvalue weighted by molar-refractivity contribution is -0.150. The topological polar surface area (TPSA) is 49.8 Å². The lowest BCUT2D eigenvalue weighted by atomic mass is 9.80. The molecule has 1 heterocycles. The van der Waals surface area contributed by atoms with Gasteiger partial charge in [0.15, 0.2) is 6.10 Å². The number of carboxylic acid groups (broad SMARTS) is 1. The van der Waals surface area contributed by atoms with Crippen molar-refractivity contribution in [3.8, 4) is 5.75 Å². The summed E-state index contributed by atoms with van der Waals surface area (Å²) in [6, 6.07) is 5.20. The van der Waals surface area contributed by atoms with Crippen LogP contribution in [-0.2, 0) is 4.79 Å². The van der Waals surface area contributed by atoms with Crippen LogP contribution in [0.5, 0.6) is 5.75 Å². The monoisotopic (exact) mass is 371 g/mol. The highest BCUT2D eigenvalue weighted by Crippen LogP contribution is 2.35. The molecule has 6 heteroatoms. The van der Waals surface area contributed by atoms with Crippen LogP contribution in [0, 0.1) is 5.92 Å². The number of halogens is 2. The maximum absolute atomic E-state index is 11.9. The van der Waals surface area contributed by atoms with Crippen molar-refractivity contribution >= 4 is 29.2 Å². The molecule has 1 N–H and O–H groups in total. The van der Waals surface area contributed by atoms with Crippen molar-refractivity contribution in [2.75, 3.05) is 13.1 Å². The predicted molar refractivity (Wildman–Crippen MR) is 95.1 cm³/mol. The highest BCUT2D eigenvalue weighted by molar-refractivity contribution is 6.42. The maximum atomic E-state index is 11.9. The van der Waals surface area contributed by atoms with Crippen LogP contribution in [0.2, 0.25) is 10.0 Å². The third-order valence-corrected chi connectivity index (χ3v) is 5.92. The van der Waals surface area contributed by atoms with E-state index in [0.717, 1.165) is 38.8 Å². The van der Waals surface area contributed by atoms with E-state index >= 15 is 0 Å². The van der Waals surface area contributed by atoms with Crippen LogP contribution in [-0.4, -0.2) is 41.2 Å². The third kappa shape index (κ3) is 3.98. The first-order chi connectivity index (χ1) is 11.6. The molecule has 0 radical (unpaired) electrons. The Morgan fingerprint density at radius 1 is 1.12 bits per heavy atom. The van der Waals surface area contributed by atoms with Gasteiger partial charge in [-0.25, -0.2) is 4.79 Å². The zero-order valence-corrected chi connectivity index (χ0v) is 15.1. The van der Waals surface area contributed by atoms with Gasteiger partial charge in [-0.05, 0) is 50.9 Å². The highest BCUT2D eigenvalue weighted by Gasteiger charge is 2.40. The average Bonchev–Trinajstić information content (AvgIpc) is 3.10. The van der Waals surface area contributed by atoms with Crippen LogP contribution < -0.4 is 4.74 Å². The van der Waals surface area contributed by atoms with Crippen molar-refractivity contribution in [2.45, 2.75) is 50.7 Å². The Hall–Kier alpha value is -0.970. The number of likely N-dealkylation sites (tertiary alicyclic amines) is 1. The van der Waals surface area contributed by atoms with Gasteiger partial charge >= 0.3 is 5.97 Å². The molecule has 24 heavy (non-hydrogen) atoms. The summed E-state index contributed by atoms with van der Waals surface area (Å²) in [6.07, 6.45) is 5.72. The fourth-order valence-corrected chi connectivity index (χ4v) is 4.33. The molecule has 4 nitrogen and oxygen atoms in total. The van der Waals surface area contributed by atoms with Crippen molar-refractivity contribution in [3.05, 3.63) is 28.2 Å². The largest absolute Gasteiger partial charge is 0.478 e. The molecule has 1 saturated carbocycles. The van der Waals surface area contributed by atoms with Gasteiger partial charge < -0.3 is 9.84 Å². The molecule has 3 rings (SSSR count). The zero-order chi connectivity index (χ0) is 17.1. The molecule has 0 amide bonds. The van der Waals surface area contributed by atoms with E-state index in [-0.39, 0.29) is 5.92 Å². The minimum Gasteiger partial charge on any atom is -0.478 e. The number of hydrogen-bond donors (Lipinski definition) is 1. The molecule has 132 valence electrons. The number of benzene rings is 1. The molecule has 1 aliphatic heterocycles. The molecule has 1 aliphatic carbocycles. The Kier molecular flexibility index (Phi) is 5.90. The van der Waals surface area contributed by atoms with E-state index in [4.69, 9.17) is 27.9 Å². The molecule has 1 unspecified atom stereocenters. The lowest BCUT2D eigenvalue weighted by Crippen LogP contribution is -2.49. The second kappa shape index (κ2) is 7.94. The Morgan fingerprint density at radius 2 is 1.83 bits per heavy atom. The number of hydrogen-bond acceptors (Lipinski definition) is 3. The fourth-order valence-electron chi connectivity index (χ4n) is 4.04. The zero-order valence-electron chi connectivity index (χ0n) is 13.6. The Labute approximate surface area is 152 Å². The lowest BCUT2D eigenvalue weighted by Gasteiger charge is -2.40. The molecule has 0 bridgehead atoms. The first kappa shape index (κ1) is 17.8. The predicted octanol–water partition coefficient (Wildman–Crippen LogP) is 4.48. The van der Waals surface area contributed by atoms with Gasteiger partial charge in [0.05, 0.1) is 10.0 Å². The van der Waals surface area contributed by atoms with Gasteiger partial charge in [0.2, 0.25) is 0 Å². The average molecular weight is 372 g/mol. The van der Waals surface area contributed by atoms with E-state index in [1.807, 2.05) is 0 Å². The van der Waals surface area contributed by atoms with Crippen LogP contribution >= 0.6 is 23.2 Å². The SMILES string of the molecule is O=C(O)C(Oc1ccc(Cl)c(Cl)c1)[C@@H]1CCCC[C@H]1N1CCCC1. The standard InChI is InChI=1S/C18H23Cl2NO3/c19-14-8-7-12(11-15(14)20)24-17(18(22)23)13-5-1-2-6-16(13)21-9-3-4-10-21/h7-8,11,13,16-17H,1-6,9-10H2,(H,22,23)/t13-,16-,17?/m1/s1. The number of ether oxygens (including phenoxy) is 1. The normalized spacial score (nSPS) is 26.2. The van der Waals surface area contributed by atoms with Crippen LogP contribution in [0.25, 0.3) is 0 Å². The number of nitrogens with zero attached hydrogens (tertiary/aromatic N) is 1. The van der Waals surface area contributed by atoms with Gasteiger partial charge in [0, 0.05) is 18.0 Å². The van der Waals surface area contributed by atoms with Crippen molar-refractivity contribution in [1.29, 1.82) is 0 Å². The molecule has 2 aliphatic rings. The molecule has 0 spiro atoms. The number of rotatable bonds is 5. The van der Waals surface area contributed by atoms with Crippen molar-refractivity contribution < 1.29 is 14.6 Å². The fraction of sp³-hybridized carbons (Fsp3) is 0.611. The second-order valence-electron chi connectivity index (χ2n) is 6.71. The number of aliphatic carboxylic acids is 1. The second-order valence-corrected chi connectivity index (χ2v) is 7.53. The van der Waals surface area contributed by atoms with Crippen molar-refractivity contribution in [2.24, 2.45) is 5.92 Å². The molecule has 2 fully saturated rings. The summed E-state index contributed by atoms with van der Waals surface area (Å²) in [5.74, 6) is -0.441. The number of carboxylic acids is 1. The summed E-state index contributed by atoms with van der Waals surface area (Å²) in [5, 5.41) is 10.6. The van der Waals surface area contributed by atoms with E-state index in [1.54, 1.807) is 18.2 Å². The summed E-state index contributed by atoms with van der Waals surface area (Å²) in [7, 11) is 0. The summed E-state index contributed by atoms with van der Waals surface area (Å²) >= 11 is 12.0. The molecule has 1 saturated heterocycles. The first-order valence-corrected chi connectivity index (χ1v) is 9.40. The van der Waals surface area contributed by atoms with Crippen LogP contribution in [0.15, 0.2) is 18.2 Å². The van der Waals surface area contributed by atoms with E-state index in [0.29, 0.717) is 21.8 Å². The smallest absolute Gasteiger partial charge is 0.345 e. The molecular formula is C18H23Cl2NO3. The Morgan fingerprint density at radius 3 is 2.50 bits per heavy atom. The molecule has 3 atom stereocenters. The summed E-state index contributed by atoms with van der Waals surface area (Å²) in [5.41, 5.74) is 0. The molecule has 1 aromatic rings. The van der Waals surface area contributed by atoms with Gasteiger partial charge in [-0.2, -0.15) is 0 Å². The van der Waals surface area contributed by atoms with Gasteiger partial charge in [-0.1, -0.05) is 36.0 Å². The highest BCUT2D eigenvalue weighted by atomic mass is 35.5. The Balaban J connectivity index is 1.79. The van der Waals surface area contributed by atoms with Crippen molar-refractivity contribution in [3.63, 3.8) is 0 Å². The van der Waals surface area contributed by atoms with Crippen LogP contribution in [0.4, 0.5) is 0 Å². The first-order valence-electron chi connectivity index (χ1n) is 8.65. The summed E-state index contributed by atoms with van der Waals surface area (Å²) < 4.78 is 5.87. The van der Waals surface area contributed by atoms with E-state index in [2.05, 4.69) is 4.90 Å². The van der Waals surface area contributed by atoms with Gasteiger partial charge in [-0.3, -0.25) is 4.90 Å². The number of carbonyl (C=O) groups is 1. The summed E-state index contributed by atoms with van der Waals surface area (Å²) in [4.78, 5) is 14.4. The minimum atomic E-state index is -0.905. The van der Waals surface area contributed by atoms with Crippen LogP contribution in [0.3, 0.4) is 0 Å². The summed E-state index contributed by atoms with van der Waals surface area (Å²) in [6.45, 7) is 2.14. The van der Waals surface area contributed by atoms with Crippen molar-refractivity contribution in [1.82, 2.24) is 4.90 Å². The molecular weight excluding hydrogens is 349 g/mol. The quantitative estimate of drug-likeness (QED) is 0.828. The van der Waals surface area contributed by atoms with Gasteiger partial charge in [-0.15, -0.1) is 0 Å². The maximum Gasteiger partial charge on any atom is 0.345 e. The van der Waals surface area contributed by atoms with Gasteiger partial charge in [0.1, 0.15) is 5.75 Å². The van der Waals surface area contributed by atoms with Gasteiger partial charge in [0.25, 0.3) is 0 Å².